The minimum Gasteiger partial charge on any atom is -0.476 e. The van der Waals surface area contributed by atoms with Gasteiger partial charge in [-0.3, -0.25) is 4.79 Å². The van der Waals surface area contributed by atoms with E-state index in [4.69, 9.17) is 4.74 Å². The van der Waals surface area contributed by atoms with Crippen LogP contribution in [-0.2, 0) is 4.79 Å². The molecule has 3 heteroatoms. The average molecular weight is 281 g/mol. The molecule has 1 aliphatic carbocycles. The summed E-state index contributed by atoms with van der Waals surface area (Å²) >= 11 is 0. The lowest BCUT2D eigenvalue weighted by molar-refractivity contribution is -0.128. The fraction of sp³-hybridized carbons (Fsp3) is 0.278. The Bertz CT molecular complexity index is 603. The first kappa shape index (κ1) is 13.7. The summed E-state index contributed by atoms with van der Waals surface area (Å²) in [5, 5.41) is 3.02. The highest BCUT2D eigenvalue weighted by Gasteiger charge is 2.29. The molecule has 0 aliphatic heterocycles. The maximum atomic E-state index is 12.4. The molecule has 108 valence electrons. The fourth-order valence-electron chi connectivity index (χ4n) is 2.16. The molecule has 1 saturated carbocycles. The molecule has 1 amide bonds. The number of benzene rings is 2. The van der Waals surface area contributed by atoms with Gasteiger partial charge in [0.05, 0.1) is 0 Å². The Morgan fingerprint density at radius 3 is 2.38 bits per heavy atom. The van der Waals surface area contributed by atoms with Crippen molar-refractivity contribution in [2.24, 2.45) is 0 Å². The summed E-state index contributed by atoms with van der Waals surface area (Å²) in [6, 6.07) is 17.7. The SMILES string of the molecule is Cc1ccc(O[C@H](C(=O)NC2CC2)c2ccccc2)cc1. The van der Waals surface area contributed by atoms with E-state index in [0.717, 1.165) is 18.4 Å². The fourth-order valence-corrected chi connectivity index (χ4v) is 2.16. The predicted octanol–water partition coefficient (Wildman–Crippen LogP) is 3.39. The van der Waals surface area contributed by atoms with Crippen LogP contribution in [0.25, 0.3) is 0 Å². The number of carbonyl (C=O) groups is 1. The number of carbonyl (C=O) groups excluding carboxylic acids is 1. The minimum absolute atomic E-state index is 0.0655. The second-order valence-electron chi connectivity index (χ2n) is 5.50. The highest BCUT2D eigenvalue weighted by Crippen LogP contribution is 2.25. The molecular weight excluding hydrogens is 262 g/mol. The van der Waals surface area contributed by atoms with Crippen LogP contribution in [0.3, 0.4) is 0 Å². The largest absolute Gasteiger partial charge is 0.476 e. The Kier molecular flexibility index (Phi) is 3.91. The quantitative estimate of drug-likeness (QED) is 0.912. The van der Waals surface area contributed by atoms with E-state index in [0.29, 0.717) is 11.8 Å². The van der Waals surface area contributed by atoms with Crippen LogP contribution in [0.15, 0.2) is 54.6 Å². The van der Waals surface area contributed by atoms with E-state index in [-0.39, 0.29) is 5.91 Å². The number of hydrogen-bond donors (Lipinski definition) is 1. The number of ether oxygens (including phenoxy) is 1. The van der Waals surface area contributed by atoms with E-state index in [1.165, 1.54) is 5.56 Å². The molecule has 0 heterocycles. The third kappa shape index (κ3) is 3.63. The van der Waals surface area contributed by atoms with Crippen LogP contribution in [0.1, 0.15) is 30.1 Å². The van der Waals surface area contributed by atoms with Crippen molar-refractivity contribution in [1.82, 2.24) is 5.32 Å². The Hall–Kier alpha value is -2.29. The van der Waals surface area contributed by atoms with Crippen LogP contribution in [0.4, 0.5) is 0 Å². The van der Waals surface area contributed by atoms with Crippen molar-refractivity contribution < 1.29 is 9.53 Å². The summed E-state index contributed by atoms with van der Waals surface area (Å²) in [6.45, 7) is 2.03. The molecule has 1 N–H and O–H groups in total. The molecule has 0 aromatic heterocycles. The van der Waals surface area contributed by atoms with Crippen LogP contribution < -0.4 is 10.1 Å². The van der Waals surface area contributed by atoms with Crippen molar-refractivity contribution in [3.05, 3.63) is 65.7 Å². The smallest absolute Gasteiger partial charge is 0.266 e. The van der Waals surface area contributed by atoms with Gasteiger partial charge in [-0.15, -0.1) is 0 Å². The Balaban J connectivity index is 1.80. The van der Waals surface area contributed by atoms with Crippen molar-refractivity contribution in [1.29, 1.82) is 0 Å². The van der Waals surface area contributed by atoms with E-state index in [9.17, 15) is 4.79 Å². The van der Waals surface area contributed by atoms with Crippen molar-refractivity contribution in [2.45, 2.75) is 31.9 Å². The lowest BCUT2D eigenvalue weighted by Gasteiger charge is -2.19. The molecule has 1 aliphatic rings. The van der Waals surface area contributed by atoms with E-state index >= 15 is 0 Å². The standard InChI is InChI=1S/C18H19NO2/c1-13-7-11-16(12-8-13)21-17(14-5-3-2-4-6-14)18(20)19-15-9-10-15/h2-8,11-12,15,17H,9-10H2,1H3,(H,19,20)/t17-/m0/s1. The van der Waals surface area contributed by atoms with E-state index in [1.54, 1.807) is 0 Å². The Morgan fingerprint density at radius 2 is 1.76 bits per heavy atom. The van der Waals surface area contributed by atoms with Gasteiger partial charge < -0.3 is 10.1 Å². The highest BCUT2D eigenvalue weighted by molar-refractivity contribution is 5.83. The van der Waals surface area contributed by atoms with Crippen LogP contribution >= 0.6 is 0 Å². The number of hydrogen-bond acceptors (Lipinski definition) is 2. The molecule has 3 nitrogen and oxygen atoms in total. The molecule has 21 heavy (non-hydrogen) atoms. The van der Waals surface area contributed by atoms with Crippen molar-refractivity contribution in [2.75, 3.05) is 0 Å². The molecule has 0 radical (unpaired) electrons. The van der Waals surface area contributed by atoms with E-state index < -0.39 is 6.10 Å². The summed E-state index contributed by atoms with van der Waals surface area (Å²) in [6.07, 6.45) is 1.53. The number of aryl methyl sites for hydroxylation is 1. The van der Waals surface area contributed by atoms with Gasteiger partial charge in [-0.1, -0.05) is 48.0 Å². The predicted molar refractivity (Wildman–Crippen MR) is 82.2 cm³/mol. The summed E-state index contributed by atoms with van der Waals surface area (Å²) in [7, 11) is 0. The van der Waals surface area contributed by atoms with E-state index in [2.05, 4.69) is 5.32 Å². The molecule has 0 unspecified atom stereocenters. The van der Waals surface area contributed by atoms with Crippen LogP contribution in [0, 0.1) is 6.92 Å². The Labute approximate surface area is 124 Å². The summed E-state index contributed by atoms with van der Waals surface area (Å²) in [5.41, 5.74) is 2.04. The highest BCUT2D eigenvalue weighted by atomic mass is 16.5. The van der Waals surface area contributed by atoms with Gasteiger partial charge in [0.1, 0.15) is 5.75 Å². The molecular formula is C18H19NO2. The normalized spacial score (nSPS) is 15.3. The third-order valence-corrected chi connectivity index (χ3v) is 3.54. The number of nitrogens with one attached hydrogen (secondary N) is 1. The lowest BCUT2D eigenvalue weighted by Crippen LogP contribution is -2.33. The molecule has 2 aromatic rings. The van der Waals surface area contributed by atoms with Crippen molar-refractivity contribution >= 4 is 5.91 Å². The van der Waals surface area contributed by atoms with Gasteiger partial charge in [-0.25, -0.2) is 0 Å². The first-order valence-electron chi connectivity index (χ1n) is 7.31. The van der Waals surface area contributed by atoms with Gasteiger partial charge in [0.25, 0.3) is 5.91 Å². The maximum Gasteiger partial charge on any atom is 0.266 e. The van der Waals surface area contributed by atoms with Crippen LogP contribution in [0.5, 0.6) is 5.75 Å². The first-order chi connectivity index (χ1) is 10.2. The molecule has 0 bridgehead atoms. The summed E-state index contributed by atoms with van der Waals surface area (Å²) in [5.74, 6) is 0.643. The molecule has 1 atom stereocenters. The second-order valence-corrected chi connectivity index (χ2v) is 5.50. The van der Waals surface area contributed by atoms with E-state index in [1.807, 2.05) is 61.5 Å². The monoisotopic (exact) mass is 281 g/mol. The molecule has 0 spiro atoms. The lowest BCUT2D eigenvalue weighted by atomic mass is 10.1. The van der Waals surface area contributed by atoms with Gasteiger partial charge in [-0.2, -0.15) is 0 Å². The molecule has 1 fully saturated rings. The number of amides is 1. The minimum atomic E-state index is -0.602. The molecule has 2 aromatic carbocycles. The van der Waals surface area contributed by atoms with Crippen LogP contribution in [0.2, 0.25) is 0 Å². The zero-order valence-corrected chi connectivity index (χ0v) is 12.1. The van der Waals surface area contributed by atoms with Crippen molar-refractivity contribution in [3.8, 4) is 5.75 Å². The second kappa shape index (κ2) is 6.00. The van der Waals surface area contributed by atoms with Gasteiger partial charge >= 0.3 is 0 Å². The molecule has 0 saturated heterocycles. The van der Waals surface area contributed by atoms with Gasteiger partial charge in [-0.05, 0) is 31.9 Å². The maximum absolute atomic E-state index is 12.4. The van der Waals surface area contributed by atoms with Gasteiger partial charge in [0.2, 0.25) is 6.10 Å². The van der Waals surface area contributed by atoms with Crippen LogP contribution in [-0.4, -0.2) is 11.9 Å². The molecule has 3 rings (SSSR count). The average Bonchev–Trinajstić information content (AvgIpc) is 3.31. The first-order valence-corrected chi connectivity index (χ1v) is 7.31. The summed E-state index contributed by atoms with van der Waals surface area (Å²) in [4.78, 5) is 12.4. The van der Waals surface area contributed by atoms with Gasteiger partial charge in [0, 0.05) is 11.6 Å². The Morgan fingerprint density at radius 1 is 1.10 bits per heavy atom. The zero-order valence-electron chi connectivity index (χ0n) is 12.1. The van der Waals surface area contributed by atoms with Gasteiger partial charge in [0.15, 0.2) is 0 Å². The topological polar surface area (TPSA) is 38.3 Å². The third-order valence-electron chi connectivity index (χ3n) is 3.54. The number of rotatable bonds is 5. The van der Waals surface area contributed by atoms with Crippen molar-refractivity contribution in [3.63, 3.8) is 0 Å². The summed E-state index contributed by atoms with van der Waals surface area (Å²) < 4.78 is 5.93. The zero-order chi connectivity index (χ0) is 14.7.